The molecule has 0 radical (unpaired) electrons. The van der Waals surface area contributed by atoms with Crippen LogP contribution in [0.5, 0.6) is 0 Å². The van der Waals surface area contributed by atoms with Crippen LogP contribution in [0.4, 0.5) is 5.69 Å². The number of hydrogen-bond donors (Lipinski definition) is 1. The molecule has 0 saturated carbocycles. The summed E-state index contributed by atoms with van der Waals surface area (Å²) in [5.74, 6) is -0.528. The zero-order valence-electron chi connectivity index (χ0n) is 13.6. The molecule has 0 fully saturated rings. The lowest BCUT2D eigenvalue weighted by Gasteiger charge is -2.12. The number of carbonyl (C=O) groups is 2. The minimum atomic E-state index is -0.342. The molecule has 0 bridgehead atoms. The Labute approximate surface area is 151 Å². The summed E-state index contributed by atoms with van der Waals surface area (Å²) in [7, 11) is 0. The third-order valence-electron chi connectivity index (χ3n) is 3.90. The van der Waals surface area contributed by atoms with E-state index in [1.54, 1.807) is 60.7 Å². The number of hydrogen-bond acceptors (Lipinski definition) is 2. The average Bonchev–Trinajstić information content (AvgIpc) is 2.65. The molecule has 0 saturated heterocycles. The molecule has 0 aliphatic rings. The second-order valence-corrected chi connectivity index (χ2v) is 6.09. The molecule has 0 heterocycles. The molecule has 3 nitrogen and oxygen atoms in total. The van der Waals surface area contributed by atoms with Gasteiger partial charge in [0.15, 0.2) is 5.78 Å². The Bertz CT molecular complexity index is 936. The van der Waals surface area contributed by atoms with E-state index in [1.165, 1.54) is 0 Å². The van der Waals surface area contributed by atoms with Crippen molar-refractivity contribution < 1.29 is 9.59 Å². The van der Waals surface area contributed by atoms with Gasteiger partial charge in [0.1, 0.15) is 0 Å². The lowest BCUT2D eigenvalue weighted by Crippen LogP contribution is -2.17. The van der Waals surface area contributed by atoms with Gasteiger partial charge in [-0.25, -0.2) is 0 Å². The number of nitrogens with one attached hydrogen (secondary N) is 1. The van der Waals surface area contributed by atoms with Gasteiger partial charge >= 0.3 is 0 Å². The first-order chi connectivity index (χ1) is 12.1. The fourth-order valence-electron chi connectivity index (χ4n) is 2.54. The molecule has 0 atom stereocenters. The second-order valence-electron chi connectivity index (χ2n) is 5.65. The van der Waals surface area contributed by atoms with Gasteiger partial charge in [0.25, 0.3) is 5.91 Å². The van der Waals surface area contributed by atoms with Crippen LogP contribution in [-0.4, -0.2) is 11.7 Å². The third-order valence-corrected chi connectivity index (χ3v) is 4.14. The molecule has 124 valence electrons. The Balaban J connectivity index is 1.94. The summed E-state index contributed by atoms with van der Waals surface area (Å²) in [5, 5.41) is 3.38. The average molecular weight is 350 g/mol. The number of rotatable bonds is 4. The van der Waals surface area contributed by atoms with Crippen LogP contribution in [0.15, 0.2) is 72.8 Å². The molecule has 3 aromatic carbocycles. The Hall–Kier alpha value is -2.91. The van der Waals surface area contributed by atoms with Crippen molar-refractivity contribution in [3.63, 3.8) is 0 Å². The predicted molar refractivity (Wildman–Crippen MR) is 100 cm³/mol. The molecule has 0 aliphatic carbocycles. The number of halogens is 1. The third kappa shape index (κ3) is 3.78. The van der Waals surface area contributed by atoms with Gasteiger partial charge in [-0.2, -0.15) is 0 Å². The summed E-state index contributed by atoms with van der Waals surface area (Å²) in [4.78, 5) is 25.5. The molecule has 0 unspecified atom stereocenters. The molecular formula is C21H16ClNO2. The topological polar surface area (TPSA) is 46.2 Å². The van der Waals surface area contributed by atoms with Crippen LogP contribution in [-0.2, 0) is 0 Å². The highest BCUT2D eigenvalue weighted by molar-refractivity contribution is 6.31. The molecule has 3 aromatic rings. The first-order valence-corrected chi connectivity index (χ1v) is 8.20. The zero-order chi connectivity index (χ0) is 17.8. The molecule has 0 spiro atoms. The zero-order valence-corrected chi connectivity index (χ0v) is 14.4. The highest BCUT2D eigenvalue weighted by Crippen LogP contribution is 2.22. The summed E-state index contributed by atoms with van der Waals surface area (Å²) in [6.07, 6.45) is 0. The van der Waals surface area contributed by atoms with E-state index in [-0.39, 0.29) is 11.7 Å². The van der Waals surface area contributed by atoms with E-state index >= 15 is 0 Å². The summed E-state index contributed by atoms with van der Waals surface area (Å²) < 4.78 is 0. The number of anilines is 1. The monoisotopic (exact) mass is 349 g/mol. The maximum atomic E-state index is 12.7. The van der Waals surface area contributed by atoms with E-state index in [1.807, 2.05) is 19.1 Å². The van der Waals surface area contributed by atoms with Gasteiger partial charge < -0.3 is 5.32 Å². The number of aryl methyl sites for hydroxylation is 1. The van der Waals surface area contributed by atoms with Crippen LogP contribution in [0.1, 0.15) is 31.8 Å². The number of ketones is 1. The summed E-state index contributed by atoms with van der Waals surface area (Å²) in [6, 6.07) is 21.0. The first-order valence-electron chi connectivity index (χ1n) is 7.82. The molecule has 0 aromatic heterocycles. The molecule has 3 rings (SSSR count). The number of benzene rings is 3. The molecule has 0 aliphatic heterocycles. The number of carbonyl (C=O) groups excluding carboxylic acids is 2. The standard InChI is InChI=1S/C21H16ClNO2/c1-14-11-12-16(22)13-19(14)23-21(25)18-10-6-5-9-17(18)20(24)15-7-3-2-4-8-15/h2-13H,1H3,(H,23,25). The Morgan fingerprint density at radius 1 is 0.840 bits per heavy atom. The predicted octanol–water partition coefficient (Wildman–Crippen LogP) is 5.13. The van der Waals surface area contributed by atoms with E-state index < -0.39 is 0 Å². The van der Waals surface area contributed by atoms with Gasteiger partial charge in [0, 0.05) is 21.8 Å². The van der Waals surface area contributed by atoms with Crippen LogP contribution in [0.3, 0.4) is 0 Å². The maximum Gasteiger partial charge on any atom is 0.256 e. The second kappa shape index (κ2) is 7.32. The van der Waals surface area contributed by atoms with Crippen molar-refractivity contribution in [2.45, 2.75) is 6.92 Å². The van der Waals surface area contributed by atoms with Crippen LogP contribution >= 0.6 is 11.6 Å². The van der Waals surface area contributed by atoms with E-state index in [0.29, 0.717) is 27.4 Å². The summed E-state index contributed by atoms with van der Waals surface area (Å²) >= 11 is 6.00. The Morgan fingerprint density at radius 3 is 2.20 bits per heavy atom. The van der Waals surface area contributed by atoms with Gasteiger partial charge in [0.2, 0.25) is 0 Å². The van der Waals surface area contributed by atoms with Crippen molar-refractivity contribution in [2.75, 3.05) is 5.32 Å². The Kier molecular flexibility index (Phi) is 4.96. The van der Waals surface area contributed by atoms with Crippen molar-refractivity contribution in [1.29, 1.82) is 0 Å². The largest absolute Gasteiger partial charge is 0.322 e. The molecule has 25 heavy (non-hydrogen) atoms. The Morgan fingerprint density at radius 2 is 1.48 bits per heavy atom. The highest BCUT2D eigenvalue weighted by Gasteiger charge is 2.18. The van der Waals surface area contributed by atoms with Crippen LogP contribution in [0.2, 0.25) is 5.02 Å². The van der Waals surface area contributed by atoms with E-state index in [9.17, 15) is 9.59 Å². The lowest BCUT2D eigenvalue weighted by atomic mass is 9.98. The molecular weight excluding hydrogens is 334 g/mol. The summed E-state index contributed by atoms with van der Waals surface area (Å²) in [5.41, 5.74) is 2.76. The van der Waals surface area contributed by atoms with Gasteiger partial charge in [-0.15, -0.1) is 0 Å². The van der Waals surface area contributed by atoms with Crippen molar-refractivity contribution in [3.8, 4) is 0 Å². The van der Waals surface area contributed by atoms with Gasteiger partial charge in [-0.1, -0.05) is 66.2 Å². The number of amides is 1. The normalized spacial score (nSPS) is 10.3. The van der Waals surface area contributed by atoms with Gasteiger partial charge in [0.05, 0.1) is 5.56 Å². The van der Waals surface area contributed by atoms with E-state index in [4.69, 9.17) is 11.6 Å². The fourth-order valence-corrected chi connectivity index (χ4v) is 2.71. The fraction of sp³-hybridized carbons (Fsp3) is 0.0476. The lowest BCUT2D eigenvalue weighted by molar-refractivity contribution is 0.0996. The van der Waals surface area contributed by atoms with Crippen molar-refractivity contribution >= 4 is 29.0 Å². The molecule has 4 heteroatoms. The van der Waals surface area contributed by atoms with Crippen molar-refractivity contribution in [2.24, 2.45) is 0 Å². The van der Waals surface area contributed by atoms with Crippen molar-refractivity contribution in [3.05, 3.63) is 100 Å². The van der Waals surface area contributed by atoms with E-state index in [2.05, 4.69) is 5.32 Å². The maximum absolute atomic E-state index is 12.7. The smallest absolute Gasteiger partial charge is 0.256 e. The van der Waals surface area contributed by atoms with Crippen molar-refractivity contribution in [1.82, 2.24) is 0 Å². The first kappa shape index (κ1) is 16.9. The van der Waals surface area contributed by atoms with Gasteiger partial charge in [-0.05, 0) is 30.7 Å². The quantitative estimate of drug-likeness (QED) is 0.663. The minimum absolute atomic E-state index is 0.186. The van der Waals surface area contributed by atoms with Crippen LogP contribution in [0.25, 0.3) is 0 Å². The van der Waals surface area contributed by atoms with Gasteiger partial charge in [-0.3, -0.25) is 9.59 Å². The van der Waals surface area contributed by atoms with Crippen LogP contribution < -0.4 is 5.32 Å². The summed E-state index contributed by atoms with van der Waals surface area (Å²) in [6.45, 7) is 1.88. The van der Waals surface area contributed by atoms with E-state index in [0.717, 1.165) is 5.56 Å². The minimum Gasteiger partial charge on any atom is -0.322 e. The SMILES string of the molecule is Cc1ccc(Cl)cc1NC(=O)c1ccccc1C(=O)c1ccccc1. The molecule has 1 N–H and O–H groups in total. The van der Waals surface area contributed by atoms with Crippen LogP contribution in [0, 0.1) is 6.92 Å². The highest BCUT2D eigenvalue weighted by atomic mass is 35.5. The molecule has 1 amide bonds.